The van der Waals surface area contributed by atoms with E-state index >= 15 is 0 Å². The topological polar surface area (TPSA) is 228 Å². The number of rotatable bonds is 31. The van der Waals surface area contributed by atoms with E-state index in [1.54, 1.807) is 6.08 Å². The zero-order valence-corrected chi connectivity index (χ0v) is 34.1. The highest BCUT2D eigenvalue weighted by Gasteiger charge is 2.50. The summed E-state index contributed by atoms with van der Waals surface area (Å²) in [4.78, 5) is 13.0. The average Bonchev–Trinajstić information content (AvgIpc) is 3.19. The SMILES string of the molecule is CCCCCCC/C=C\CCCCCCCC(=O)NC(COC1OC(CO)C(OC2OC(CO)C(O)C(O)C2O)C(O)C1O)C(O)/C=C/CCCCCCCC. The fraction of sp³-hybridized carbons (Fsp3) is 0.881. The van der Waals surface area contributed by atoms with Gasteiger partial charge < -0.3 is 65.1 Å². The van der Waals surface area contributed by atoms with Gasteiger partial charge in [-0.3, -0.25) is 4.79 Å². The van der Waals surface area contributed by atoms with Crippen LogP contribution in [-0.2, 0) is 23.7 Å². The van der Waals surface area contributed by atoms with Gasteiger partial charge in [-0.1, -0.05) is 115 Å². The third-order valence-electron chi connectivity index (χ3n) is 10.6. The minimum Gasteiger partial charge on any atom is -0.394 e. The number of nitrogens with one attached hydrogen (secondary N) is 1. The van der Waals surface area contributed by atoms with Crippen LogP contribution in [0.5, 0.6) is 0 Å². The van der Waals surface area contributed by atoms with Crippen molar-refractivity contribution in [3.8, 4) is 0 Å². The summed E-state index contributed by atoms with van der Waals surface area (Å²) in [5.74, 6) is -0.254. The molecule has 2 aliphatic heterocycles. The molecule has 0 aromatic heterocycles. The Morgan fingerprint density at radius 2 is 1.12 bits per heavy atom. The predicted octanol–water partition coefficient (Wildman–Crippen LogP) is 3.43. The summed E-state index contributed by atoms with van der Waals surface area (Å²) in [6.45, 7) is 2.68. The number of allylic oxidation sites excluding steroid dienone is 3. The van der Waals surface area contributed by atoms with Crippen LogP contribution in [0.1, 0.15) is 142 Å². The van der Waals surface area contributed by atoms with Crippen LogP contribution in [0.3, 0.4) is 0 Å². The second-order valence-electron chi connectivity index (χ2n) is 15.5. The number of carbonyl (C=O) groups is 1. The predicted molar refractivity (Wildman–Crippen MR) is 212 cm³/mol. The van der Waals surface area contributed by atoms with Crippen LogP contribution in [0.25, 0.3) is 0 Å². The highest BCUT2D eigenvalue weighted by molar-refractivity contribution is 5.76. The zero-order valence-electron chi connectivity index (χ0n) is 34.1. The molecule has 2 rings (SSSR count). The van der Waals surface area contributed by atoms with Gasteiger partial charge >= 0.3 is 0 Å². The van der Waals surface area contributed by atoms with Crippen LogP contribution in [-0.4, -0.2) is 140 Å². The van der Waals surface area contributed by atoms with Gasteiger partial charge in [0.25, 0.3) is 0 Å². The Morgan fingerprint density at radius 1 is 0.625 bits per heavy atom. The van der Waals surface area contributed by atoms with Crippen molar-refractivity contribution in [1.82, 2.24) is 5.32 Å². The van der Waals surface area contributed by atoms with E-state index in [-0.39, 0.29) is 18.9 Å². The average molecular weight is 804 g/mol. The molecule has 0 aromatic rings. The highest BCUT2D eigenvalue weighted by Crippen LogP contribution is 2.30. The van der Waals surface area contributed by atoms with Crippen LogP contribution < -0.4 is 5.32 Å². The van der Waals surface area contributed by atoms with Crippen LogP contribution in [0, 0.1) is 0 Å². The number of hydrogen-bond acceptors (Lipinski definition) is 13. The largest absolute Gasteiger partial charge is 0.394 e. The molecular weight excluding hydrogens is 726 g/mol. The first-order chi connectivity index (χ1) is 27.1. The molecule has 2 fully saturated rings. The Labute approximate surface area is 335 Å². The Kier molecular flexibility index (Phi) is 27.6. The maximum atomic E-state index is 13.0. The van der Waals surface area contributed by atoms with Crippen molar-refractivity contribution in [2.45, 2.75) is 216 Å². The van der Waals surface area contributed by atoms with Crippen LogP contribution in [0.4, 0.5) is 0 Å². The molecule has 12 atom stereocenters. The molecule has 2 saturated heterocycles. The smallest absolute Gasteiger partial charge is 0.220 e. The summed E-state index contributed by atoms with van der Waals surface area (Å²) < 4.78 is 22.5. The van der Waals surface area contributed by atoms with Gasteiger partial charge in [-0.05, 0) is 44.9 Å². The van der Waals surface area contributed by atoms with E-state index in [4.69, 9.17) is 18.9 Å². The lowest BCUT2D eigenvalue weighted by Crippen LogP contribution is -2.65. The van der Waals surface area contributed by atoms with E-state index in [9.17, 15) is 45.6 Å². The number of amides is 1. The Bertz CT molecular complexity index is 1050. The monoisotopic (exact) mass is 804 g/mol. The van der Waals surface area contributed by atoms with Gasteiger partial charge in [0.1, 0.15) is 48.8 Å². The fourth-order valence-electron chi connectivity index (χ4n) is 6.99. The first-order valence-electron chi connectivity index (χ1n) is 21.6. The summed E-state index contributed by atoms with van der Waals surface area (Å²) in [7, 11) is 0. The number of carbonyl (C=O) groups excluding carboxylic acids is 1. The number of aliphatic hydroxyl groups is 8. The molecule has 14 nitrogen and oxygen atoms in total. The lowest BCUT2D eigenvalue weighted by Gasteiger charge is -2.46. The van der Waals surface area contributed by atoms with E-state index in [2.05, 4.69) is 31.3 Å². The van der Waals surface area contributed by atoms with E-state index in [0.717, 1.165) is 64.2 Å². The number of aliphatic hydroxyl groups excluding tert-OH is 8. The summed E-state index contributed by atoms with van der Waals surface area (Å²) >= 11 is 0. The van der Waals surface area contributed by atoms with Gasteiger partial charge in [0.2, 0.25) is 5.91 Å². The maximum absolute atomic E-state index is 13.0. The molecule has 0 spiro atoms. The molecule has 9 N–H and O–H groups in total. The summed E-state index contributed by atoms with van der Waals surface area (Å²) in [5.41, 5.74) is 0. The molecule has 0 bridgehead atoms. The van der Waals surface area contributed by atoms with Crippen molar-refractivity contribution < 1.29 is 64.6 Å². The van der Waals surface area contributed by atoms with Crippen LogP contribution in [0.15, 0.2) is 24.3 Å². The van der Waals surface area contributed by atoms with Crippen molar-refractivity contribution in [3.05, 3.63) is 24.3 Å². The van der Waals surface area contributed by atoms with E-state index in [0.29, 0.717) is 6.42 Å². The molecule has 328 valence electrons. The number of unbranched alkanes of at least 4 members (excludes halogenated alkanes) is 16. The molecular formula is C42H77NO13. The third-order valence-corrected chi connectivity index (χ3v) is 10.6. The number of ether oxygens (including phenoxy) is 4. The molecule has 1 amide bonds. The lowest BCUT2D eigenvalue weighted by molar-refractivity contribution is -0.359. The molecule has 0 aromatic carbocycles. The molecule has 0 radical (unpaired) electrons. The van der Waals surface area contributed by atoms with Crippen molar-refractivity contribution in [2.24, 2.45) is 0 Å². The van der Waals surface area contributed by atoms with Crippen molar-refractivity contribution in [2.75, 3.05) is 19.8 Å². The maximum Gasteiger partial charge on any atom is 0.220 e. The lowest BCUT2D eigenvalue weighted by atomic mass is 9.97. The van der Waals surface area contributed by atoms with Crippen molar-refractivity contribution >= 4 is 5.91 Å². The zero-order chi connectivity index (χ0) is 41.1. The summed E-state index contributed by atoms with van der Waals surface area (Å²) in [6.07, 6.45) is 12.5. The van der Waals surface area contributed by atoms with Crippen LogP contribution >= 0.6 is 0 Å². The first-order valence-corrected chi connectivity index (χ1v) is 21.6. The van der Waals surface area contributed by atoms with E-state index in [1.165, 1.54) is 51.4 Å². The van der Waals surface area contributed by atoms with Crippen molar-refractivity contribution in [3.63, 3.8) is 0 Å². The molecule has 12 unspecified atom stereocenters. The summed E-state index contributed by atoms with van der Waals surface area (Å²) in [6, 6.07) is -0.912. The Balaban J connectivity index is 1.91. The normalized spacial score (nSPS) is 29.6. The molecule has 2 heterocycles. The fourth-order valence-corrected chi connectivity index (χ4v) is 6.99. The minimum atomic E-state index is -1.78. The molecule has 2 aliphatic rings. The molecule has 0 saturated carbocycles. The first kappa shape index (κ1) is 50.6. The number of hydrogen-bond donors (Lipinski definition) is 9. The van der Waals surface area contributed by atoms with Gasteiger partial charge in [0.05, 0.1) is 32.0 Å². The van der Waals surface area contributed by atoms with Crippen molar-refractivity contribution in [1.29, 1.82) is 0 Å². The molecule has 14 heteroatoms. The Hall–Kier alpha value is -1.53. The van der Waals surface area contributed by atoms with Gasteiger partial charge in [-0.25, -0.2) is 0 Å². The third kappa shape index (κ3) is 19.0. The summed E-state index contributed by atoms with van der Waals surface area (Å²) in [5, 5.41) is 86.1. The second-order valence-corrected chi connectivity index (χ2v) is 15.5. The van der Waals surface area contributed by atoms with E-state index in [1.807, 2.05) is 6.08 Å². The quantitative estimate of drug-likeness (QED) is 0.0362. The van der Waals surface area contributed by atoms with Crippen LogP contribution in [0.2, 0.25) is 0 Å². The highest BCUT2D eigenvalue weighted by atomic mass is 16.7. The van der Waals surface area contributed by atoms with Gasteiger partial charge in [0.15, 0.2) is 12.6 Å². The van der Waals surface area contributed by atoms with Gasteiger partial charge in [-0.2, -0.15) is 0 Å². The Morgan fingerprint density at radius 3 is 1.70 bits per heavy atom. The van der Waals surface area contributed by atoms with Gasteiger partial charge in [-0.15, -0.1) is 0 Å². The molecule has 56 heavy (non-hydrogen) atoms. The van der Waals surface area contributed by atoms with E-state index < -0.39 is 86.8 Å². The van der Waals surface area contributed by atoms with Gasteiger partial charge in [0, 0.05) is 6.42 Å². The molecule has 0 aliphatic carbocycles. The standard InChI is InChI=1S/C42H77NO13/c1-3-5-7-9-11-13-14-15-16-17-18-20-22-24-26-34(47)43-30(31(46)25-23-21-19-12-10-8-6-4-2)29-53-41-39(52)37(50)40(33(28-45)55-41)56-42-38(51)36(49)35(48)32(27-44)54-42/h14-15,23,25,30-33,35-42,44-46,48-52H,3-13,16-22,24,26-29H2,1-2H3,(H,43,47)/b15-14-,25-23+. The minimum absolute atomic E-state index is 0.254. The second kappa shape index (κ2) is 30.5.